The minimum Gasteiger partial charge on any atom is -0.396 e. The molecule has 200 valence electrons. The van der Waals surface area contributed by atoms with Crippen LogP contribution < -0.4 is 5.32 Å². The van der Waals surface area contributed by atoms with Crippen LogP contribution in [0.4, 0.5) is 5.95 Å². The smallest absolute Gasteiger partial charge is 0.224 e. The second-order valence-corrected chi connectivity index (χ2v) is 11.0. The molecule has 2 aliphatic rings. The molecule has 5 rings (SSSR count). The Balaban J connectivity index is 1.41. The Bertz CT molecular complexity index is 1150. The van der Waals surface area contributed by atoms with E-state index in [-0.39, 0.29) is 18.8 Å². The first kappa shape index (κ1) is 26.1. The van der Waals surface area contributed by atoms with Crippen LogP contribution in [-0.2, 0) is 6.54 Å². The van der Waals surface area contributed by atoms with Crippen LogP contribution in [0.5, 0.6) is 0 Å². The highest BCUT2D eigenvalue weighted by molar-refractivity contribution is 5.94. The average Bonchev–Trinajstić information content (AvgIpc) is 3.28. The van der Waals surface area contributed by atoms with E-state index in [1.165, 1.54) is 11.1 Å². The summed E-state index contributed by atoms with van der Waals surface area (Å²) in [5.41, 5.74) is 4.64. The summed E-state index contributed by atoms with van der Waals surface area (Å²) in [5, 5.41) is 23.7. The second kappa shape index (κ2) is 11.9. The molecule has 3 aromatic rings. The molecule has 1 unspecified atom stereocenters. The molecular weight excluding hydrogens is 464 g/mol. The van der Waals surface area contributed by atoms with Crippen LogP contribution in [0.25, 0.3) is 22.2 Å². The Morgan fingerprint density at radius 3 is 2.49 bits per heavy atom. The maximum absolute atomic E-state index is 10.1. The molecule has 1 aliphatic carbocycles. The molecule has 8 heteroatoms. The standard InChI is InChI=1S/C29H42N6O2/c1-21(4-3-17-36)31-29-30-18-26-27(20-35(28(26)32-29)24-9-11-25(37)12-10-24)23-7-5-22(6-8-23)19-34-15-13-33(2)14-16-34/h5-8,18,20-21,24-25,36-37H,3-4,9-17,19H2,1-2H3,(H,30,31,32). The average molecular weight is 507 g/mol. The van der Waals surface area contributed by atoms with Crippen LogP contribution in [0.3, 0.4) is 0 Å². The zero-order chi connectivity index (χ0) is 25.8. The molecule has 8 nitrogen and oxygen atoms in total. The molecule has 0 amide bonds. The van der Waals surface area contributed by atoms with Crippen LogP contribution in [0.2, 0.25) is 0 Å². The molecule has 1 aliphatic heterocycles. The fourth-order valence-corrected chi connectivity index (χ4v) is 5.69. The van der Waals surface area contributed by atoms with Gasteiger partial charge in [-0.05, 0) is 63.6 Å². The quantitative estimate of drug-likeness (QED) is 0.406. The fraction of sp³-hybridized carbons (Fsp3) is 0.586. The number of hydrogen-bond acceptors (Lipinski definition) is 7. The zero-order valence-electron chi connectivity index (χ0n) is 22.3. The number of nitrogens with zero attached hydrogens (tertiary/aromatic N) is 5. The summed E-state index contributed by atoms with van der Waals surface area (Å²) in [6, 6.07) is 9.49. The van der Waals surface area contributed by atoms with Crippen molar-refractivity contribution in [1.29, 1.82) is 0 Å². The molecule has 0 radical (unpaired) electrons. The van der Waals surface area contributed by atoms with Gasteiger partial charge in [0, 0.05) is 74.8 Å². The summed E-state index contributed by atoms with van der Waals surface area (Å²) in [7, 11) is 2.19. The molecule has 2 fully saturated rings. The maximum atomic E-state index is 10.1. The van der Waals surface area contributed by atoms with Gasteiger partial charge in [-0.2, -0.15) is 4.98 Å². The van der Waals surface area contributed by atoms with Gasteiger partial charge in [-0.3, -0.25) is 4.90 Å². The topological polar surface area (TPSA) is 89.7 Å². The van der Waals surface area contributed by atoms with Crippen molar-refractivity contribution in [3.63, 3.8) is 0 Å². The molecule has 3 N–H and O–H groups in total. The van der Waals surface area contributed by atoms with Crippen molar-refractivity contribution in [2.45, 2.75) is 70.2 Å². The number of piperazine rings is 1. The minimum atomic E-state index is -0.190. The van der Waals surface area contributed by atoms with E-state index in [1.54, 1.807) is 0 Å². The van der Waals surface area contributed by atoms with E-state index in [0.717, 1.165) is 87.8 Å². The highest BCUT2D eigenvalue weighted by Gasteiger charge is 2.24. The van der Waals surface area contributed by atoms with Crippen molar-refractivity contribution in [2.24, 2.45) is 0 Å². The lowest BCUT2D eigenvalue weighted by Gasteiger charge is -2.32. The van der Waals surface area contributed by atoms with Crippen molar-refractivity contribution in [1.82, 2.24) is 24.3 Å². The van der Waals surface area contributed by atoms with Gasteiger partial charge in [-0.15, -0.1) is 0 Å². The Morgan fingerprint density at radius 1 is 1.05 bits per heavy atom. The normalized spacial score (nSPS) is 22.4. The monoisotopic (exact) mass is 506 g/mol. The number of likely N-dealkylation sites (N-methyl/N-ethyl adjacent to an activating group) is 1. The Kier molecular flexibility index (Phi) is 8.39. The lowest BCUT2D eigenvalue weighted by molar-refractivity contribution is 0.111. The van der Waals surface area contributed by atoms with Crippen LogP contribution in [0, 0.1) is 0 Å². The third-order valence-corrected chi connectivity index (χ3v) is 8.07. The van der Waals surface area contributed by atoms with Crippen LogP contribution >= 0.6 is 0 Å². The predicted octanol–water partition coefficient (Wildman–Crippen LogP) is 3.89. The number of aliphatic hydroxyl groups excluding tert-OH is 2. The second-order valence-electron chi connectivity index (χ2n) is 11.0. The molecule has 1 saturated heterocycles. The van der Waals surface area contributed by atoms with Gasteiger partial charge in [0.2, 0.25) is 5.95 Å². The number of aliphatic hydroxyl groups is 2. The summed E-state index contributed by atoms with van der Waals surface area (Å²) in [4.78, 5) is 14.6. The zero-order valence-corrected chi connectivity index (χ0v) is 22.3. The highest BCUT2D eigenvalue weighted by atomic mass is 16.3. The predicted molar refractivity (Wildman–Crippen MR) is 149 cm³/mol. The molecular formula is C29H42N6O2. The van der Waals surface area contributed by atoms with E-state index in [0.29, 0.717) is 12.0 Å². The van der Waals surface area contributed by atoms with Gasteiger partial charge >= 0.3 is 0 Å². The first-order valence-corrected chi connectivity index (χ1v) is 13.9. The highest BCUT2D eigenvalue weighted by Crippen LogP contribution is 2.37. The first-order chi connectivity index (χ1) is 18.0. The van der Waals surface area contributed by atoms with E-state index in [4.69, 9.17) is 10.1 Å². The molecule has 0 spiro atoms. The number of rotatable bonds is 9. The third-order valence-electron chi connectivity index (χ3n) is 8.07. The summed E-state index contributed by atoms with van der Waals surface area (Å²) in [6.07, 6.45) is 9.19. The van der Waals surface area contributed by atoms with E-state index < -0.39 is 0 Å². The fourth-order valence-electron chi connectivity index (χ4n) is 5.69. The Hall–Kier alpha value is -2.52. The SMILES string of the molecule is CC(CCCO)Nc1ncc2c(-c3ccc(CN4CCN(C)CC4)cc3)cn(C3CCC(O)CC3)c2n1. The lowest BCUT2D eigenvalue weighted by atomic mass is 9.93. The van der Waals surface area contributed by atoms with Crippen LogP contribution in [0.1, 0.15) is 57.1 Å². The van der Waals surface area contributed by atoms with Gasteiger partial charge in [0.1, 0.15) is 5.65 Å². The number of benzene rings is 1. The van der Waals surface area contributed by atoms with Crippen molar-refractivity contribution in [3.8, 4) is 11.1 Å². The van der Waals surface area contributed by atoms with Gasteiger partial charge in [-0.1, -0.05) is 24.3 Å². The molecule has 3 heterocycles. The van der Waals surface area contributed by atoms with Crippen LogP contribution in [0.15, 0.2) is 36.7 Å². The Morgan fingerprint density at radius 2 is 1.78 bits per heavy atom. The van der Waals surface area contributed by atoms with E-state index in [9.17, 15) is 5.11 Å². The van der Waals surface area contributed by atoms with Crippen molar-refractivity contribution < 1.29 is 10.2 Å². The molecule has 1 saturated carbocycles. The number of nitrogens with one attached hydrogen (secondary N) is 1. The number of hydrogen-bond donors (Lipinski definition) is 3. The van der Waals surface area contributed by atoms with Crippen molar-refractivity contribution in [2.75, 3.05) is 45.2 Å². The molecule has 37 heavy (non-hydrogen) atoms. The van der Waals surface area contributed by atoms with Gasteiger partial charge in [0.15, 0.2) is 0 Å². The summed E-state index contributed by atoms with van der Waals surface area (Å²) in [6.45, 7) is 7.79. The molecule has 1 aromatic carbocycles. The molecule has 0 bridgehead atoms. The number of fused-ring (bicyclic) bond motifs is 1. The summed E-state index contributed by atoms with van der Waals surface area (Å²) in [5.74, 6) is 0.627. The largest absolute Gasteiger partial charge is 0.396 e. The number of aromatic nitrogens is 3. The summed E-state index contributed by atoms with van der Waals surface area (Å²) < 4.78 is 2.32. The summed E-state index contributed by atoms with van der Waals surface area (Å²) >= 11 is 0. The van der Waals surface area contributed by atoms with Gasteiger partial charge in [-0.25, -0.2) is 4.98 Å². The van der Waals surface area contributed by atoms with Gasteiger partial charge < -0.3 is 25.0 Å². The van der Waals surface area contributed by atoms with E-state index in [1.807, 2.05) is 6.20 Å². The van der Waals surface area contributed by atoms with Crippen LogP contribution in [-0.4, -0.2) is 86.5 Å². The van der Waals surface area contributed by atoms with Gasteiger partial charge in [0.05, 0.1) is 6.10 Å². The van der Waals surface area contributed by atoms with E-state index in [2.05, 4.69) is 69.1 Å². The Labute approximate surface area is 220 Å². The van der Waals surface area contributed by atoms with Crippen molar-refractivity contribution in [3.05, 3.63) is 42.2 Å². The maximum Gasteiger partial charge on any atom is 0.224 e. The first-order valence-electron chi connectivity index (χ1n) is 13.9. The minimum absolute atomic E-state index is 0.185. The molecule has 1 atom stereocenters. The van der Waals surface area contributed by atoms with E-state index >= 15 is 0 Å². The molecule has 2 aromatic heterocycles. The number of anilines is 1. The lowest BCUT2D eigenvalue weighted by Crippen LogP contribution is -2.43. The van der Waals surface area contributed by atoms with Crippen molar-refractivity contribution >= 4 is 17.0 Å². The van der Waals surface area contributed by atoms with Gasteiger partial charge in [0.25, 0.3) is 0 Å². The third kappa shape index (κ3) is 6.32.